The van der Waals surface area contributed by atoms with Crippen LogP contribution in [0.4, 0.5) is 4.79 Å². The largest absolute Gasteiger partial charge is 0.490 e. The summed E-state index contributed by atoms with van der Waals surface area (Å²) in [6, 6.07) is 13.8. The minimum Gasteiger partial charge on any atom is -0.490 e. The van der Waals surface area contributed by atoms with Crippen LogP contribution in [0.15, 0.2) is 47.4 Å². The normalized spacial score (nSPS) is 18.2. The van der Waals surface area contributed by atoms with Crippen LogP contribution < -0.4 is 9.47 Å². The molecule has 0 unspecified atom stereocenters. The van der Waals surface area contributed by atoms with E-state index in [1.165, 1.54) is 29.7 Å². The Morgan fingerprint density at radius 2 is 1.85 bits per heavy atom. The van der Waals surface area contributed by atoms with Gasteiger partial charge in [0.05, 0.1) is 11.5 Å². The molecule has 2 aromatic carbocycles. The number of carbonyl (C=O) groups excluding carboxylic acids is 2. The molecule has 4 rings (SSSR count). The molecule has 5 nitrogen and oxygen atoms in total. The molecule has 0 bridgehead atoms. The van der Waals surface area contributed by atoms with E-state index in [2.05, 4.69) is 19.1 Å². The smallest absolute Gasteiger partial charge is 0.293 e. The Morgan fingerprint density at radius 1 is 1.03 bits per heavy atom. The van der Waals surface area contributed by atoms with Gasteiger partial charge >= 0.3 is 0 Å². The summed E-state index contributed by atoms with van der Waals surface area (Å²) in [7, 11) is 0. The number of rotatable bonds is 8. The molecule has 2 aliphatic rings. The van der Waals surface area contributed by atoms with E-state index in [0.29, 0.717) is 42.1 Å². The molecule has 0 aromatic heterocycles. The van der Waals surface area contributed by atoms with Crippen LogP contribution in [0.2, 0.25) is 0 Å². The van der Waals surface area contributed by atoms with Gasteiger partial charge in [0.25, 0.3) is 11.1 Å². The summed E-state index contributed by atoms with van der Waals surface area (Å²) in [5.41, 5.74) is 3.09. The molecule has 0 radical (unpaired) electrons. The summed E-state index contributed by atoms with van der Waals surface area (Å²) < 4.78 is 11.8. The fourth-order valence-electron chi connectivity index (χ4n) is 4.40. The molecule has 1 aliphatic heterocycles. The summed E-state index contributed by atoms with van der Waals surface area (Å²) in [6.07, 6.45) is 7.61. The van der Waals surface area contributed by atoms with E-state index in [1.807, 2.05) is 37.3 Å². The molecule has 1 saturated heterocycles. The van der Waals surface area contributed by atoms with E-state index in [0.717, 1.165) is 35.7 Å². The summed E-state index contributed by atoms with van der Waals surface area (Å²) in [4.78, 5) is 27.3. The molecule has 2 fully saturated rings. The van der Waals surface area contributed by atoms with Crippen LogP contribution >= 0.6 is 11.8 Å². The lowest BCUT2D eigenvalue weighted by atomic mass is 9.89. The lowest BCUT2D eigenvalue weighted by Gasteiger charge is -2.25. The summed E-state index contributed by atoms with van der Waals surface area (Å²) >= 11 is 1.02. The Morgan fingerprint density at radius 3 is 2.61 bits per heavy atom. The van der Waals surface area contributed by atoms with Gasteiger partial charge in [0.15, 0.2) is 11.5 Å². The number of carbonyl (C=O) groups is 2. The average Bonchev–Trinajstić information content (AvgIpc) is 3.07. The van der Waals surface area contributed by atoms with Gasteiger partial charge in [-0.3, -0.25) is 14.5 Å². The van der Waals surface area contributed by atoms with E-state index in [4.69, 9.17) is 9.47 Å². The second kappa shape index (κ2) is 10.9. The van der Waals surface area contributed by atoms with Crippen LogP contribution in [-0.2, 0) is 11.4 Å². The zero-order valence-corrected chi connectivity index (χ0v) is 20.2. The Balaban J connectivity index is 1.47. The third-order valence-electron chi connectivity index (χ3n) is 6.08. The van der Waals surface area contributed by atoms with Crippen LogP contribution in [0.3, 0.4) is 0 Å². The first-order chi connectivity index (χ1) is 16.0. The zero-order chi connectivity index (χ0) is 23.2. The molecular weight excluding hydrogens is 434 g/mol. The van der Waals surface area contributed by atoms with Gasteiger partial charge in [-0.25, -0.2) is 0 Å². The number of benzene rings is 2. The average molecular weight is 466 g/mol. The van der Waals surface area contributed by atoms with E-state index >= 15 is 0 Å². The maximum absolute atomic E-state index is 12.9. The van der Waals surface area contributed by atoms with Crippen molar-refractivity contribution in [3.05, 3.63) is 64.1 Å². The van der Waals surface area contributed by atoms with Gasteiger partial charge < -0.3 is 9.47 Å². The number of hydrogen-bond acceptors (Lipinski definition) is 5. The standard InChI is InChI=1S/C27H31NO4S/c1-3-31-24-15-21(12-13-23(24)32-18-22-11-7-8-19(2)14-22)16-25-26(29)28(27(30)33-25)17-20-9-5-4-6-10-20/h7-8,11-16,20H,3-6,9-10,17-18H2,1-2H3/b25-16+. The van der Waals surface area contributed by atoms with E-state index < -0.39 is 0 Å². The highest BCUT2D eigenvalue weighted by atomic mass is 32.2. The van der Waals surface area contributed by atoms with Crippen LogP contribution in [0.5, 0.6) is 11.5 Å². The first kappa shape index (κ1) is 23.4. The van der Waals surface area contributed by atoms with Gasteiger partial charge in [-0.1, -0.05) is 55.2 Å². The van der Waals surface area contributed by atoms with E-state index in [-0.39, 0.29) is 11.1 Å². The van der Waals surface area contributed by atoms with Crippen LogP contribution in [0, 0.1) is 12.8 Å². The summed E-state index contributed by atoms with van der Waals surface area (Å²) in [5, 5.41) is -0.167. The van der Waals surface area contributed by atoms with Crippen molar-refractivity contribution in [2.24, 2.45) is 5.92 Å². The number of hydrogen-bond donors (Lipinski definition) is 0. The van der Waals surface area contributed by atoms with Gasteiger partial charge in [-0.15, -0.1) is 0 Å². The van der Waals surface area contributed by atoms with E-state index in [1.54, 1.807) is 6.08 Å². The number of amides is 2. The summed E-state index contributed by atoms with van der Waals surface area (Å²) in [5.74, 6) is 1.52. The fourth-order valence-corrected chi connectivity index (χ4v) is 5.25. The van der Waals surface area contributed by atoms with Crippen molar-refractivity contribution in [3.63, 3.8) is 0 Å². The lowest BCUT2D eigenvalue weighted by Crippen LogP contribution is -2.34. The quantitative estimate of drug-likeness (QED) is 0.412. The number of nitrogens with zero attached hydrogens (tertiary/aromatic N) is 1. The number of aryl methyl sites for hydroxylation is 1. The minimum atomic E-state index is -0.187. The van der Waals surface area contributed by atoms with Crippen molar-refractivity contribution in [1.82, 2.24) is 4.90 Å². The SMILES string of the molecule is CCOc1cc(/C=C2/SC(=O)N(CC3CCCCC3)C2=O)ccc1OCc1cccc(C)c1. The van der Waals surface area contributed by atoms with Crippen LogP contribution in [-0.4, -0.2) is 29.2 Å². The second-order valence-corrected chi connectivity index (χ2v) is 9.71. The van der Waals surface area contributed by atoms with Crippen molar-refractivity contribution in [3.8, 4) is 11.5 Å². The molecule has 2 amide bonds. The molecule has 33 heavy (non-hydrogen) atoms. The molecule has 6 heteroatoms. The summed E-state index contributed by atoms with van der Waals surface area (Å²) in [6.45, 7) is 5.47. The maximum Gasteiger partial charge on any atom is 0.293 e. The zero-order valence-electron chi connectivity index (χ0n) is 19.3. The monoisotopic (exact) mass is 465 g/mol. The van der Waals surface area contributed by atoms with Gasteiger partial charge in [0.1, 0.15) is 6.61 Å². The van der Waals surface area contributed by atoms with Gasteiger partial charge in [-0.2, -0.15) is 0 Å². The minimum absolute atomic E-state index is 0.167. The highest BCUT2D eigenvalue weighted by Gasteiger charge is 2.36. The Bertz CT molecular complexity index is 1040. The molecule has 0 spiro atoms. The number of thioether (sulfide) groups is 1. The first-order valence-electron chi connectivity index (χ1n) is 11.7. The molecule has 1 saturated carbocycles. The highest BCUT2D eigenvalue weighted by molar-refractivity contribution is 8.18. The van der Waals surface area contributed by atoms with Gasteiger partial charge in [0.2, 0.25) is 0 Å². The topological polar surface area (TPSA) is 55.8 Å². The van der Waals surface area contributed by atoms with Gasteiger partial charge in [0, 0.05) is 6.54 Å². The molecule has 1 heterocycles. The fraction of sp³-hybridized carbons (Fsp3) is 0.407. The third kappa shape index (κ3) is 5.99. The van der Waals surface area contributed by atoms with Crippen LogP contribution in [0.1, 0.15) is 55.7 Å². The Hall–Kier alpha value is -2.73. The van der Waals surface area contributed by atoms with Crippen molar-refractivity contribution >= 4 is 29.0 Å². The highest BCUT2D eigenvalue weighted by Crippen LogP contribution is 2.36. The third-order valence-corrected chi connectivity index (χ3v) is 6.99. The predicted molar refractivity (Wildman–Crippen MR) is 132 cm³/mol. The van der Waals surface area contributed by atoms with Crippen LogP contribution in [0.25, 0.3) is 6.08 Å². The molecule has 174 valence electrons. The Labute approximate surface area is 200 Å². The maximum atomic E-state index is 12.9. The van der Waals surface area contributed by atoms with Crippen molar-refractivity contribution in [2.45, 2.75) is 52.6 Å². The molecular formula is C27H31NO4S. The molecule has 2 aromatic rings. The Kier molecular flexibility index (Phi) is 7.76. The van der Waals surface area contributed by atoms with Crippen molar-refractivity contribution in [2.75, 3.05) is 13.2 Å². The van der Waals surface area contributed by atoms with Crippen molar-refractivity contribution < 1.29 is 19.1 Å². The van der Waals surface area contributed by atoms with E-state index in [9.17, 15) is 9.59 Å². The van der Waals surface area contributed by atoms with Crippen molar-refractivity contribution in [1.29, 1.82) is 0 Å². The van der Waals surface area contributed by atoms with Gasteiger partial charge in [-0.05, 0) is 73.7 Å². The molecule has 0 atom stereocenters. The molecule has 0 N–H and O–H groups in total. The number of imide groups is 1. The second-order valence-electron chi connectivity index (χ2n) is 8.71. The number of ether oxygens (including phenoxy) is 2. The predicted octanol–water partition coefficient (Wildman–Crippen LogP) is 6.59. The first-order valence-corrected chi connectivity index (χ1v) is 12.6. The lowest BCUT2D eigenvalue weighted by molar-refractivity contribution is -0.123. The molecule has 1 aliphatic carbocycles.